The van der Waals surface area contributed by atoms with E-state index < -0.39 is 10.8 Å². The Morgan fingerprint density at radius 3 is 2.58 bits per heavy atom. The van der Waals surface area contributed by atoms with Crippen molar-refractivity contribution >= 4 is 23.2 Å². The standard InChI is InChI=1S/C16H15ClN2O5/c1-23-14-5-3-4-10(15(14)24-2)9-18-16(20)12-7-6-11(19(21)22)8-13(12)17/h3-8H,9H2,1-2H3,(H,18,20). The average Bonchev–Trinajstić information content (AvgIpc) is 2.58. The second kappa shape index (κ2) is 7.65. The van der Waals surface area contributed by atoms with E-state index in [4.69, 9.17) is 21.1 Å². The number of methoxy groups -OCH3 is 2. The molecular formula is C16H15ClN2O5. The zero-order valence-electron chi connectivity index (χ0n) is 13.0. The predicted octanol–water partition coefficient (Wildman–Crippen LogP) is 3.20. The van der Waals surface area contributed by atoms with Gasteiger partial charge in [0.2, 0.25) is 0 Å². The molecule has 1 amide bonds. The molecule has 0 aromatic heterocycles. The molecule has 0 fully saturated rings. The van der Waals surface area contributed by atoms with E-state index in [0.29, 0.717) is 11.5 Å². The highest BCUT2D eigenvalue weighted by Crippen LogP contribution is 2.30. The van der Waals surface area contributed by atoms with Crippen molar-refractivity contribution in [3.05, 3.63) is 62.7 Å². The van der Waals surface area contributed by atoms with Crippen molar-refractivity contribution in [1.82, 2.24) is 5.32 Å². The van der Waals surface area contributed by atoms with Gasteiger partial charge in [-0.1, -0.05) is 23.7 Å². The molecule has 0 spiro atoms. The van der Waals surface area contributed by atoms with Gasteiger partial charge in [-0.25, -0.2) is 0 Å². The van der Waals surface area contributed by atoms with E-state index in [2.05, 4.69) is 5.32 Å². The Hall–Kier alpha value is -2.80. The van der Waals surface area contributed by atoms with Gasteiger partial charge in [-0.2, -0.15) is 0 Å². The van der Waals surface area contributed by atoms with Crippen LogP contribution in [0.3, 0.4) is 0 Å². The van der Waals surface area contributed by atoms with Gasteiger partial charge in [-0.15, -0.1) is 0 Å². The van der Waals surface area contributed by atoms with Crippen molar-refractivity contribution < 1.29 is 19.2 Å². The Morgan fingerprint density at radius 2 is 2.00 bits per heavy atom. The molecule has 0 aliphatic carbocycles. The maximum atomic E-state index is 12.2. The van der Waals surface area contributed by atoms with Gasteiger partial charge in [-0.3, -0.25) is 14.9 Å². The molecule has 1 N–H and O–H groups in total. The van der Waals surface area contributed by atoms with Crippen LogP contribution in [0.2, 0.25) is 5.02 Å². The first-order valence-electron chi connectivity index (χ1n) is 6.90. The first-order chi connectivity index (χ1) is 11.5. The number of nitrogens with one attached hydrogen (secondary N) is 1. The van der Waals surface area contributed by atoms with Crippen LogP contribution in [-0.4, -0.2) is 25.1 Å². The second-order valence-electron chi connectivity index (χ2n) is 4.76. The molecule has 8 heteroatoms. The van der Waals surface area contributed by atoms with E-state index >= 15 is 0 Å². The molecule has 0 atom stereocenters. The number of para-hydroxylation sites is 1. The lowest BCUT2D eigenvalue weighted by atomic mass is 10.1. The predicted molar refractivity (Wildman–Crippen MR) is 88.8 cm³/mol. The number of nitro benzene ring substituents is 1. The van der Waals surface area contributed by atoms with Gasteiger partial charge in [0, 0.05) is 24.2 Å². The van der Waals surface area contributed by atoms with Gasteiger partial charge in [0.25, 0.3) is 11.6 Å². The third-order valence-electron chi connectivity index (χ3n) is 3.33. The molecule has 0 saturated carbocycles. The number of carbonyl (C=O) groups excluding carboxylic acids is 1. The summed E-state index contributed by atoms with van der Waals surface area (Å²) in [5.74, 6) is 0.632. The number of hydrogen-bond acceptors (Lipinski definition) is 5. The maximum Gasteiger partial charge on any atom is 0.270 e. The summed E-state index contributed by atoms with van der Waals surface area (Å²) in [7, 11) is 3.03. The number of carbonyl (C=O) groups is 1. The lowest BCUT2D eigenvalue weighted by Gasteiger charge is -2.13. The number of halogens is 1. The summed E-state index contributed by atoms with van der Waals surface area (Å²) in [6.07, 6.45) is 0. The fourth-order valence-electron chi connectivity index (χ4n) is 2.17. The number of non-ortho nitro benzene ring substituents is 1. The van der Waals surface area contributed by atoms with Crippen LogP contribution in [0.4, 0.5) is 5.69 Å². The Morgan fingerprint density at radius 1 is 1.25 bits per heavy atom. The molecule has 2 rings (SSSR count). The van der Waals surface area contributed by atoms with Gasteiger partial charge < -0.3 is 14.8 Å². The van der Waals surface area contributed by atoms with E-state index in [-0.39, 0.29) is 22.8 Å². The molecule has 0 radical (unpaired) electrons. The van der Waals surface area contributed by atoms with Crippen LogP contribution in [0.15, 0.2) is 36.4 Å². The van der Waals surface area contributed by atoms with Crippen molar-refractivity contribution in [2.75, 3.05) is 14.2 Å². The summed E-state index contributed by atoms with van der Waals surface area (Å²) in [6.45, 7) is 0.187. The molecule has 2 aromatic carbocycles. The van der Waals surface area contributed by atoms with Gasteiger partial charge in [0.05, 0.1) is 29.7 Å². The SMILES string of the molecule is COc1cccc(CNC(=O)c2ccc([N+](=O)[O-])cc2Cl)c1OC. The third-order valence-corrected chi connectivity index (χ3v) is 3.64. The lowest BCUT2D eigenvalue weighted by Crippen LogP contribution is -2.23. The molecule has 0 aliphatic heterocycles. The third kappa shape index (κ3) is 3.75. The molecule has 126 valence electrons. The Kier molecular flexibility index (Phi) is 5.59. The van der Waals surface area contributed by atoms with Crippen LogP contribution in [0, 0.1) is 10.1 Å². The highest BCUT2D eigenvalue weighted by atomic mass is 35.5. The molecule has 0 saturated heterocycles. The maximum absolute atomic E-state index is 12.2. The fraction of sp³-hybridized carbons (Fsp3) is 0.188. The molecule has 0 bridgehead atoms. The summed E-state index contributed by atoms with van der Waals surface area (Å²) in [5.41, 5.74) is 0.707. The number of ether oxygens (including phenoxy) is 2. The van der Waals surface area contributed by atoms with Crippen LogP contribution >= 0.6 is 11.6 Å². The number of nitro groups is 1. The Bertz CT molecular complexity index is 779. The summed E-state index contributed by atoms with van der Waals surface area (Å²) in [6, 6.07) is 9.01. The Balaban J connectivity index is 2.16. The van der Waals surface area contributed by atoms with E-state index in [9.17, 15) is 14.9 Å². The highest BCUT2D eigenvalue weighted by molar-refractivity contribution is 6.34. The molecule has 0 heterocycles. The first-order valence-corrected chi connectivity index (χ1v) is 7.27. The molecule has 0 aliphatic rings. The monoisotopic (exact) mass is 350 g/mol. The van der Waals surface area contributed by atoms with Crippen molar-refractivity contribution in [2.45, 2.75) is 6.54 Å². The first kappa shape index (κ1) is 17.6. The van der Waals surface area contributed by atoms with Gasteiger partial charge in [0.1, 0.15) is 0 Å². The zero-order valence-corrected chi connectivity index (χ0v) is 13.8. The summed E-state index contributed by atoms with van der Waals surface area (Å²) in [5, 5.41) is 13.4. The minimum atomic E-state index is -0.575. The van der Waals surface area contributed by atoms with Gasteiger partial charge in [0.15, 0.2) is 11.5 Å². The molecule has 0 unspecified atom stereocenters. The zero-order chi connectivity index (χ0) is 17.7. The van der Waals surface area contributed by atoms with Gasteiger partial charge >= 0.3 is 0 Å². The van der Waals surface area contributed by atoms with E-state index in [1.807, 2.05) is 0 Å². The van der Waals surface area contributed by atoms with Crippen LogP contribution < -0.4 is 14.8 Å². The van der Waals surface area contributed by atoms with Crippen molar-refractivity contribution in [3.63, 3.8) is 0 Å². The van der Waals surface area contributed by atoms with Crippen LogP contribution in [0.1, 0.15) is 15.9 Å². The van der Waals surface area contributed by atoms with Crippen molar-refractivity contribution in [1.29, 1.82) is 0 Å². The van der Waals surface area contributed by atoms with Crippen LogP contribution in [0.5, 0.6) is 11.5 Å². The fourth-order valence-corrected chi connectivity index (χ4v) is 2.43. The molecule has 7 nitrogen and oxygen atoms in total. The van der Waals surface area contributed by atoms with Crippen molar-refractivity contribution in [2.24, 2.45) is 0 Å². The summed E-state index contributed by atoms with van der Waals surface area (Å²) >= 11 is 5.95. The average molecular weight is 351 g/mol. The largest absolute Gasteiger partial charge is 0.493 e. The summed E-state index contributed by atoms with van der Waals surface area (Å²) < 4.78 is 10.5. The second-order valence-corrected chi connectivity index (χ2v) is 5.16. The van der Waals surface area contributed by atoms with E-state index in [0.717, 1.165) is 11.6 Å². The number of benzene rings is 2. The topological polar surface area (TPSA) is 90.7 Å². The highest BCUT2D eigenvalue weighted by Gasteiger charge is 2.16. The minimum absolute atomic E-state index is 0.0132. The van der Waals surface area contributed by atoms with Crippen molar-refractivity contribution in [3.8, 4) is 11.5 Å². The van der Waals surface area contributed by atoms with Gasteiger partial charge in [-0.05, 0) is 12.1 Å². The van der Waals surface area contributed by atoms with E-state index in [1.165, 1.54) is 26.4 Å². The van der Waals surface area contributed by atoms with E-state index in [1.54, 1.807) is 18.2 Å². The number of nitrogens with zero attached hydrogens (tertiary/aromatic N) is 1. The summed E-state index contributed by atoms with van der Waals surface area (Å²) in [4.78, 5) is 22.4. The quantitative estimate of drug-likeness (QED) is 0.638. The molecule has 2 aromatic rings. The van der Waals surface area contributed by atoms with Crippen LogP contribution in [-0.2, 0) is 6.54 Å². The molecular weight excluding hydrogens is 336 g/mol. The number of amides is 1. The number of hydrogen-bond donors (Lipinski definition) is 1. The Labute approximate surface area is 143 Å². The lowest BCUT2D eigenvalue weighted by molar-refractivity contribution is -0.384. The molecule has 24 heavy (non-hydrogen) atoms. The number of rotatable bonds is 6. The smallest absolute Gasteiger partial charge is 0.270 e. The minimum Gasteiger partial charge on any atom is -0.493 e. The normalized spacial score (nSPS) is 10.1. The van der Waals surface area contributed by atoms with Crippen LogP contribution in [0.25, 0.3) is 0 Å².